The van der Waals surface area contributed by atoms with Crippen LogP contribution in [0.5, 0.6) is 5.75 Å². The number of hydrogen-bond donors (Lipinski definition) is 2. The highest BCUT2D eigenvalue weighted by Gasteiger charge is 2.31. The van der Waals surface area contributed by atoms with Gasteiger partial charge in [-0.05, 0) is 54.6 Å². The number of carbonyl (C=O) groups is 1. The summed E-state index contributed by atoms with van der Waals surface area (Å²) in [5, 5.41) is 9.37. The number of fused-ring (bicyclic) bond motifs is 1. The number of para-hydroxylation sites is 2. The zero-order chi connectivity index (χ0) is 20.2. The number of benzene rings is 2. The number of aliphatic carboxylic acids is 1. The van der Waals surface area contributed by atoms with Gasteiger partial charge in [0.25, 0.3) is 0 Å². The number of carboxylic acid groups (broad SMARTS) is 1. The second-order valence-corrected chi connectivity index (χ2v) is 7.89. The lowest BCUT2D eigenvalue weighted by molar-refractivity contribution is -0.139. The molecule has 6 heteroatoms. The van der Waals surface area contributed by atoms with Gasteiger partial charge >= 0.3 is 5.97 Å². The lowest BCUT2D eigenvalue weighted by atomic mass is 9.81. The van der Waals surface area contributed by atoms with Gasteiger partial charge < -0.3 is 14.8 Å². The van der Waals surface area contributed by atoms with Crippen molar-refractivity contribution in [2.24, 2.45) is 11.8 Å². The first kappa shape index (κ1) is 19.5. The Hall–Kier alpha value is -2.86. The molecule has 2 unspecified atom stereocenters. The van der Waals surface area contributed by atoms with Crippen molar-refractivity contribution in [3.05, 3.63) is 59.9 Å². The second-order valence-electron chi connectivity index (χ2n) is 7.89. The fraction of sp³-hybridized carbons (Fsp3) is 0.391. The van der Waals surface area contributed by atoms with E-state index < -0.39 is 5.97 Å². The van der Waals surface area contributed by atoms with Crippen molar-refractivity contribution >= 4 is 17.0 Å². The summed E-state index contributed by atoms with van der Waals surface area (Å²) in [4.78, 5) is 21.9. The second kappa shape index (κ2) is 8.66. The van der Waals surface area contributed by atoms with Crippen LogP contribution in [-0.4, -0.2) is 46.1 Å². The van der Waals surface area contributed by atoms with Crippen LogP contribution in [0.1, 0.15) is 24.2 Å². The van der Waals surface area contributed by atoms with E-state index in [2.05, 4.69) is 22.0 Å². The third-order valence-corrected chi connectivity index (χ3v) is 5.87. The van der Waals surface area contributed by atoms with Crippen LogP contribution in [0.4, 0.5) is 0 Å². The average Bonchev–Trinajstić information content (AvgIpc) is 3.12. The molecule has 6 nitrogen and oxygen atoms in total. The molecule has 0 radical (unpaired) electrons. The molecule has 0 saturated carbocycles. The number of nitrogens with one attached hydrogen (secondary N) is 1. The molecule has 1 fully saturated rings. The lowest BCUT2D eigenvalue weighted by Crippen LogP contribution is -2.41. The highest BCUT2D eigenvalue weighted by molar-refractivity contribution is 5.74. The summed E-state index contributed by atoms with van der Waals surface area (Å²) in [6, 6.07) is 16.2. The van der Waals surface area contributed by atoms with Crippen molar-refractivity contribution in [3.8, 4) is 5.75 Å². The van der Waals surface area contributed by atoms with Crippen LogP contribution in [-0.2, 0) is 17.8 Å². The number of H-pyrrole nitrogens is 1. The summed E-state index contributed by atoms with van der Waals surface area (Å²) in [5.41, 5.74) is 3.23. The first-order valence-corrected chi connectivity index (χ1v) is 10.1. The summed E-state index contributed by atoms with van der Waals surface area (Å²) in [6.07, 6.45) is 1.89. The standard InChI is InChI=1S/C23H27N3O3/c1-29-19-8-6-16(7-9-19)14-26-11-10-17(13-23(27)28)18(15-26)12-22-24-20-4-2-3-5-21(20)25-22/h2-9,17-18H,10-15H2,1H3,(H,24,25)(H,27,28). The van der Waals surface area contributed by atoms with Gasteiger partial charge in [0, 0.05) is 25.9 Å². The van der Waals surface area contributed by atoms with Gasteiger partial charge in [0.2, 0.25) is 0 Å². The number of rotatable bonds is 7. The Morgan fingerprint density at radius 3 is 2.72 bits per heavy atom. The van der Waals surface area contributed by atoms with Crippen LogP contribution < -0.4 is 4.74 Å². The molecule has 0 amide bonds. The van der Waals surface area contributed by atoms with E-state index in [4.69, 9.17) is 9.72 Å². The van der Waals surface area contributed by atoms with Gasteiger partial charge in [-0.25, -0.2) is 4.98 Å². The first-order valence-electron chi connectivity index (χ1n) is 10.1. The lowest BCUT2D eigenvalue weighted by Gasteiger charge is -2.38. The minimum atomic E-state index is -0.715. The van der Waals surface area contributed by atoms with Gasteiger partial charge in [-0.3, -0.25) is 9.69 Å². The third kappa shape index (κ3) is 4.77. The largest absolute Gasteiger partial charge is 0.497 e. The number of ether oxygens (including phenoxy) is 1. The number of nitrogens with zero attached hydrogens (tertiary/aromatic N) is 2. The van der Waals surface area contributed by atoms with Crippen molar-refractivity contribution in [2.45, 2.75) is 25.8 Å². The Morgan fingerprint density at radius 2 is 2.00 bits per heavy atom. The Kier molecular flexibility index (Phi) is 5.81. The van der Waals surface area contributed by atoms with Crippen LogP contribution in [0.15, 0.2) is 48.5 Å². The maximum absolute atomic E-state index is 11.4. The maximum Gasteiger partial charge on any atom is 0.303 e. The summed E-state index contributed by atoms with van der Waals surface area (Å²) in [5.74, 6) is 1.52. The number of imidazole rings is 1. The fourth-order valence-electron chi connectivity index (χ4n) is 4.36. The molecule has 1 aromatic heterocycles. The smallest absolute Gasteiger partial charge is 0.303 e. The van der Waals surface area contributed by atoms with Gasteiger partial charge in [-0.2, -0.15) is 0 Å². The highest BCUT2D eigenvalue weighted by atomic mass is 16.5. The van der Waals surface area contributed by atoms with E-state index >= 15 is 0 Å². The van der Waals surface area contributed by atoms with Crippen molar-refractivity contribution in [1.29, 1.82) is 0 Å². The molecule has 29 heavy (non-hydrogen) atoms. The van der Waals surface area contributed by atoms with Crippen molar-refractivity contribution in [2.75, 3.05) is 20.2 Å². The summed E-state index contributed by atoms with van der Waals surface area (Å²) >= 11 is 0. The van der Waals surface area contributed by atoms with Crippen molar-refractivity contribution in [3.63, 3.8) is 0 Å². The summed E-state index contributed by atoms with van der Waals surface area (Å²) in [7, 11) is 1.67. The minimum absolute atomic E-state index is 0.174. The van der Waals surface area contributed by atoms with E-state index in [1.807, 2.05) is 36.4 Å². The third-order valence-electron chi connectivity index (χ3n) is 5.87. The molecule has 2 heterocycles. The molecule has 2 atom stereocenters. The Labute approximate surface area is 170 Å². The number of likely N-dealkylation sites (tertiary alicyclic amines) is 1. The molecular weight excluding hydrogens is 366 g/mol. The van der Waals surface area contributed by atoms with Gasteiger partial charge in [-0.1, -0.05) is 24.3 Å². The van der Waals surface area contributed by atoms with Crippen molar-refractivity contribution < 1.29 is 14.6 Å². The predicted octanol–water partition coefficient (Wildman–Crippen LogP) is 3.73. The molecule has 152 valence electrons. The molecule has 0 bridgehead atoms. The number of carboxylic acids is 1. The summed E-state index contributed by atoms with van der Waals surface area (Å²) < 4.78 is 5.24. The number of methoxy groups -OCH3 is 1. The van der Waals surface area contributed by atoms with Crippen LogP contribution in [0, 0.1) is 11.8 Å². The predicted molar refractivity (Wildman–Crippen MR) is 112 cm³/mol. The highest BCUT2D eigenvalue weighted by Crippen LogP contribution is 2.30. The van der Waals surface area contributed by atoms with E-state index in [0.29, 0.717) is 0 Å². The van der Waals surface area contributed by atoms with E-state index in [0.717, 1.165) is 55.1 Å². The molecule has 1 aliphatic heterocycles. The number of aromatic nitrogens is 2. The van der Waals surface area contributed by atoms with Crippen LogP contribution in [0.25, 0.3) is 11.0 Å². The van der Waals surface area contributed by atoms with Crippen molar-refractivity contribution in [1.82, 2.24) is 14.9 Å². The zero-order valence-corrected chi connectivity index (χ0v) is 16.7. The van der Waals surface area contributed by atoms with E-state index in [1.165, 1.54) is 5.56 Å². The van der Waals surface area contributed by atoms with Gasteiger partial charge in [0.15, 0.2) is 0 Å². The Morgan fingerprint density at radius 1 is 1.21 bits per heavy atom. The summed E-state index contributed by atoms with van der Waals surface area (Å²) in [6.45, 7) is 2.65. The molecule has 0 aliphatic carbocycles. The molecule has 2 aromatic carbocycles. The van der Waals surface area contributed by atoms with Crippen LogP contribution in [0.3, 0.4) is 0 Å². The molecule has 1 saturated heterocycles. The van der Waals surface area contributed by atoms with Gasteiger partial charge in [0.05, 0.1) is 18.1 Å². The van der Waals surface area contributed by atoms with E-state index in [-0.39, 0.29) is 18.3 Å². The fourth-order valence-corrected chi connectivity index (χ4v) is 4.36. The Bertz CT molecular complexity index is 934. The minimum Gasteiger partial charge on any atom is -0.497 e. The average molecular weight is 393 g/mol. The normalized spacial score (nSPS) is 20.0. The van der Waals surface area contributed by atoms with Gasteiger partial charge in [-0.15, -0.1) is 0 Å². The quantitative estimate of drug-likeness (QED) is 0.640. The molecular formula is C23H27N3O3. The van der Waals surface area contributed by atoms with Crippen LogP contribution >= 0.6 is 0 Å². The number of aromatic amines is 1. The first-order chi connectivity index (χ1) is 14.1. The molecule has 2 N–H and O–H groups in total. The molecule has 3 aromatic rings. The topological polar surface area (TPSA) is 78.4 Å². The number of piperidine rings is 1. The SMILES string of the molecule is COc1ccc(CN2CCC(CC(=O)O)C(Cc3nc4ccccc4[nH]3)C2)cc1. The monoisotopic (exact) mass is 393 g/mol. The molecule has 4 rings (SSSR count). The Balaban J connectivity index is 1.47. The van der Waals surface area contributed by atoms with E-state index in [9.17, 15) is 9.90 Å². The molecule has 1 aliphatic rings. The van der Waals surface area contributed by atoms with E-state index in [1.54, 1.807) is 7.11 Å². The number of hydrogen-bond acceptors (Lipinski definition) is 4. The van der Waals surface area contributed by atoms with Gasteiger partial charge in [0.1, 0.15) is 11.6 Å². The molecule has 0 spiro atoms. The zero-order valence-electron chi connectivity index (χ0n) is 16.7. The maximum atomic E-state index is 11.4. The van der Waals surface area contributed by atoms with Crippen LogP contribution in [0.2, 0.25) is 0 Å².